The molecule has 1 N–H and O–H groups in total. The molecule has 1 nitrogen and oxygen atoms in total. The molecular formula is C10H18ClN. The summed E-state index contributed by atoms with van der Waals surface area (Å²) in [6.45, 7) is 3.31. The molecule has 2 unspecified atom stereocenters. The Morgan fingerprint density at radius 3 is 2.83 bits per heavy atom. The molecule has 0 aromatic rings. The number of hydrogen-bond donors (Lipinski definition) is 1. The summed E-state index contributed by atoms with van der Waals surface area (Å²) in [6.07, 6.45) is 8.17. The lowest BCUT2D eigenvalue weighted by Crippen LogP contribution is -2.26. The topological polar surface area (TPSA) is 12.0 Å². The Hall–Kier alpha value is -0.0100. The third-order valence-electron chi connectivity index (χ3n) is 2.47. The van der Waals surface area contributed by atoms with Crippen LogP contribution in [0.25, 0.3) is 0 Å². The van der Waals surface area contributed by atoms with Crippen molar-refractivity contribution in [1.82, 2.24) is 5.32 Å². The van der Waals surface area contributed by atoms with Gasteiger partial charge in [0.2, 0.25) is 0 Å². The first-order chi connectivity index (χ1) is 5.83. The predicted molar refractivity (Wildman–Crippen MR) is 54.7 cm³/mol. The molecule has 0 aromatic heterocycles. The van der Waals surface area contributed by atoms with Gasteiger partial charge in [-0.05, 0) is 25.2 Å². The molecule has 2 heteroatoms. The molecule has 1 aliphatic carbocycles. The summed E-state index contributed by atoms with van der Waals surface area (Å²) in [5.41, 5.74) is 0. The van der Waals surface area contributed by atoms with Crippen LogP contribution in [0.1, 0.15) is 26.2 Å². The van der Waals surface area contributed by atoms with Crippen molar-refractivity contribution in [1.29, 1.82) is 0 Å². The third-order valence-corrected chi connectivity index (χ3v) is 2.65. The first kappa shape index (κ1) is 10.1. The maximum Gasteiger partial charge on any atom is 0.0404 e. The molecule has 0 heterocycles. The summed E-state index contributed by atoms with van der Waals surface area (Å²) in [6, 6.07) is 0.750. The number of allylic oxidation sites excluding steroid dienone is 1. The molecule has 0 radical (unpaired) electrons. The Balaban J connectivity index is 2.04. The summed E-state index contributed by atoms with van der Waals surface area (Å²) < 4.78 is 0. The van der Waals surface area contributed by atoms with Gasteiger partial charge in [-0.3, -0.25) is 0 Å². The van der Waals surface area contributed by atoms with Crippen LogP contribution in [-0.2, 0) is 0 Å². The number of alkyl halides is 1. The zero-order chi connectivity index (χ0) is 8.81. The van der Waals surface area contributed by atoms with Gasteiger partial charge in [0.25, 0.3) is 0 Å². The molecule has 1 aliphatic rings. The van der Waals surface area contributed by atoms with Gasteiger partial charge < -0.3 is 5.32 Å². The Bertz CT molecular complexity index is 145. The van der Waals surface area contributed by atoms with Gasteiger partial charge in [0.1, 0.15) is 0 Å². The molecule has 0 bridgehead atoms. The minimum Gasteiger partial charge on any atom is -0.311 e. The van der Waals surface area contributed by atoms with Gasteiger partial charge in [-0.15, -0.1) is 11.6 Å². The van der Waals surface area contributed by atoms with Crippen LogP contribution in [-0.4, -0.2) is 18.5 Å². The fourth-order valence-electron chi connectivity index (χ4n) is 1.77. The monoisotopic (exact) mass is 187 g/mol. The summed E-state index contributed by atoms with van der Waals surface area (Å²) in [4.78, 5) is 0. The summed E-state index contributed by atoms with van der Waals surface area (Å²) in [7, 11) is 0. The third kappa shape index (κ3) is 3.59. The van der Waals surface area contributed by atoms with Crippen molar-refractivity contribution in [2.24, 2.45) is 5.92 Å². The fourth-order valence-corrected chi connectivity index (χ4v) is 1.90. The van der Waals surface area contributed by atoms with Crippen LogP contribution in [0.3, 0.4) is 0 Å². The zero-order valence-corrected chi connectivity index (χ0v) is 8.48. The van der Waals surface area contributed by atoms with E-state index >= 15 is 0 Å². The lowest BCUT2D eigenvalue weighted by Gasteiger charge is -2.09. The number of nitrogens with one attached hydrogen (secondary N) is 1. The standard InChI is InChI=1S/C10H18ClN/c1-9-4-5-10(8-9)12-7-3-2-6-11/h2-3,9-10,12H,4-8H2,1H3/b3-2+. The molecule has 2 atom stereocenters. The van der Waals surface area contributed by atoms with E-state index in [1.807, 2.05) is 6.08 Å². The second-order valence-electron chi connectivity index (χ2n) is 3.65. The Labute approximate surface area is 80.2 Å². The number of rotatable bonds is 4. The SMILES string of the molecule is CC1CCC(NC/C=C/CCl)C1. The lowest BCUT2D eigenvalue weighted by molar-refractivity contribution is 0.527. The Morgan fingerprint density at radius 1 is 1.42 bits per heavy atom. The highest BCUT2D eigenvalue weighted by Gasteiger charge is 2.19. The van der Waals surface area contributed by atoms with E-state index in [-0.39, 0.29) is 0 Å². The van der Waals surface area contributed by atoms with E-state index in [1.165, 1.54) is 19.3 Å². The molecule has 0 aromatic carbocycles. The van der Waals surface area contributed by atoms with E-state index in [0.29, 0.717) is 5.88 Å². The zero-order valence-electron chi connectivity index (χ0n) is 7.72. The molecule has 0 aliphatic heterocycles. The molecule has 0 saturated heterocycles. The molecule has 12 heavy (non-hydrogen) atoms. The first-order valence-corrected chi connectivity index (χ1v) is 5.30. The van der Waals surface area contributed by atoms with Crippen molar-refractivity contribution in [3.63, 3.8) is 0 Å². The normalized spacial score (nSPS) is 30.2. The van der Waals surface area contributed by atoms with Crippen molar-refractivity contribution in [3.05, 3.63) is 12.2 Å². The quantitative estimate of drug-likeness (QED) is 0.527. The van der Waals surface area contributed by atoms with Gasteiger partial charge in [-0.1, -0.05) is 19.1 Å². The number of hydrogen-bond acceptors (Lipinski definition) is 1. The largest absolute Gasteiger partial charge is 0.311 e. The summed E-state index contributed by atoms with van der Waals surface area (Å²) in [5, 5.41) is 3.50. The average molecular weight is 188 g/mol. The second-order valence-corrected chi connectivity index (χ2v) is 3.96. The second kappa shape index (κ2) is 5.60. The van der Waals surface area contributed by atoms with Crippen LogP contribution in [0.4, 0.5) is 0 Å². The van der Waals surface area contributed by atoms with E-state index in [4.69, 9.17) is 11.6 Å². The van der Waals surface area contributed by atoms with Crippen LogP contribution in [0.2, 0.25) is 0 Å². The van der Waals surface area contributed by atoms with Gasteiger partial charge in [0, 0.05) is 18.5 Å². The Morgan fingerprint density at radius 2 is 2.25 bits per heavy atom. The van der Waals surface area contributed by atoms with E-state index < -0.39 is 0 Å². The fraction of sp³-hybridized carbons (Fsp3) is 0.800. The van der Waals surface area contributed by atoms with Crippen LogP contribution < -0.4 is 5.32 Å². The molecule has 0 spiro atoms. The summed E-state index contributed by atoms with van der Waals surface area (Å²) >= 11 is 5.51. The van der Waals surface area contributed by atoms with Crippen LogP contribution in [0, 0.1) is 5.92 Å². The Kier molecular flexibility index (Phi) is 4.70. The molecule has 1 fully saturated rings. The average Bonchev–Trinajstić information content (AvgIpc) is 2.45. The predicted octanol–water partition coefficient (Wildman–Crippen LogP) is 2.56. The van der Waals surface area contributed by atoms with E-state index in [1.54, 1.807) is 0 Å². The van der Waals surface area contributed by atoms with Crippen LogP contribution in [0.15, 0.2) is 12.2 Å². The molecular weight excluding hydrogens is 170 g/mol. The van der Waals surface area contributed by atoms with Crippen LogP contribution in [0.5, 0.6) is 0 Å². The highest BCUT2D eigenvalue weighted by molar-refractivity contribution is 6.18. The van der Waals surface area contributed by atoms with Gasteiger partial charge in [0.15, 0.2) is 0 Å². The van der Waals surface area contributed by atoms with E-state index in [9.17, 15) is 0 Å². The molecule has 0 amide bonds. The molecule has 1 rings (SSSR count). The molecule has 70 valence electrons. The smallest absolute Gasteiger partial charge is 0.0404 e. The van der Waals surface area contributed by atoms with Gasteiger partial charge in [-0.2, -0.15) is 0 Å². The van der Waals surface area contributed by atoms with Gasteiger partial charge >= 0.3 is 0 Å². The van der Waals surface area contributed by atoms with Crippen molar-refractivity contribution >= 4 is 11.6 Å². The highest BCUT2D eigenvalue weighted by Crippen LogP contribution is 2.24. The lowest BCUT2D eigenvalue weighted by atomic mass is 10.1. The van der Waals surface area contributed by atoms with Gasteiger partial charge in [0.05, 0.1) is 0 Å². The maximum absolute atomic E-state index is 5.51. The maximum atomic E-state index is 5.51. The van der Waals surface area contributed by atoms with Crippen LogP contribution >= 0.6 is 11.6 Å². The van der Waals surface area contributed by atoms with E-state index in [0.717, 1.165) is 18.5 Å². The number of halogens is 1. The minimum absolute atomic E-state index is 0.628. The van der Waals surface area contributed by atoms with Crippen molar-refractivity contribution in [3.8, 4) is 0 Å². The first-order valence-electron chi connectivity index (χ1n) is 4.77. The van der Waals surface area contributed by atoms with Crippen molar-refractivity contribution in [2.45, 2.75) is 32.2 Å². The molecule has 1 saturated carbocycles. The van der Waals surface area contributed by atoms with Crippen molar-refractivity contribution in [2.75, 3.05) is 12.4 Å². The summed E-state index contributed by atoms with van der Waals surface area (Å²) in [5.74, 6) is 1.54. The van der Waals surface area contributed by atoms with Crippen molar-refractivity contribution < 1.29 is 0 Å². The van der Waals surface area contributed by atoms with Gasteiger partial charge in [-0.25, -0.2) is 0 Å². The minimum atomic E-state index is 0.628. The highest BCUT2D eigenvalue weighted by atomic mass is 35.5. The van der Waals surface area contributed by atoms with E-state index in [2.05, 4.69) is 18.3 Å².